The van der Waals surface area contributed by atoms with E-state index < -0.39 is 0 Å². The molecule has 0 unspecified atom stereocenters. The van der Waals surface area contributed by atoms with Crippen LogP contribution in [0.2, 0.25) is 0 Å². The number of furan rings is 2. The monoisotopic (exact) mass is 641 g/mol. The van der Waals surface area contributed by atoms with Crippen LogP contribution in [0.25, 0.3) is 100 Å². The molecule has 5 nitrogen and oxygen atoms in total. The Labute approximate surface area is 287 Å². The van der Waals surface area contributed by atoms with E-state index in [1.54, 1.807) is 0 Å². The Morgan fingerprint density at radius 2 is 1.02 bits per heavy atom. The van der Waals surface area contributed by atoms with Crippen LogP contribution in [0.3, 0.4) is 0 Å². The SMILES string of the molecule is c1ccc(-c2cc(-c3ccc(-c4cccc5c4oc4ccccc45)c4c3oc3ccccc34)nc(-c3ccc(-c4ccccn4)cc3)n2)cc1. The van der Waals surface area contributed by atoms with E-state index in [1.165, 1.54) is 0 Å². The van der Waals surface area contributed by atoms with E-state index in [9.17, 15) is 0 Å². The van der Waals surface area contributed by atoms with Gasteiger partial charge in [0.1, 0.15) is 22.3 Å². The molecule has 234 valence electrons. The molecule has 4 heterocycles. The Morgan fingerprint density at radius 1 is 0.380 bits per heavy atom. The van der Waals surface area contributed by atoms with Crippen molar-refractivity contribution in [3.8, 4) is 56.3 Å². The standard InChI is InChI=1S/C45H27N3O2/c1-2-11-28(12-3-1)38-27-39(48-45(47-38)30-22-20-29(21-23-30)37-17-8-9-26-46-37)35-25-24-32(42-36-14-5-7-19-41(36)50-44(35)42)34-16-10-15-33-31-13-4-6-18-40(31)49-43(33)34/h1-27H. The fourth-order valence-corrected chi connectivity index (χ4v) is 7.01. The number of rotatable bonds is 5. The normalized spacial score (nSPS) is 11.6. The van der Waals surface area contributed by atoms with Crippen molar-refractivity contribution in [2.45, 2.75) is 0 Å². The van der Waals surface area contributed by atoms with Crippen LogP contribution in [0.4, 0.5) is 0 Å². The summed E-state index contributed by atoms with van der Waals surface area (Å²) in [4.78, 5) is 14.8. The zero-order valence-electron chi connectivity index (χ0n) is 26.7. The van der Waals surface area contributed by atoms with Gasteiger partial charge >= 0.3 is 0 Å². The van der Waals surface area contributed by atoms with Crippen LogP contribution in [0, 0.1) is 0 Å². The first-order chi connectivity index (χ1) is 24.8. The van der Waals surface area contributed by atoms with Gasteiger partial charge in [-0.05, 0) is 42.0 Å². The number of para-hydroxylation sites is 3. The highest BCUT2D eigenvalue weighted by Gasteiger charge is 2.22. The van der Waals surface area contributed by atoms with Crippen molar-refractivity contribution in [2.75, 3.05) is 0 Å². The second-order valence-corrected chi connectivity index (χ2v) is 12.4. The molecule has 0 radical (unpaired) electrons. The molecule has 10 rings (SSSR count). The van der Waals surface area contributed by atoms with E-state index in [4.69, 9.17) is 18.8 Å². The summed E-state index contributed by atoms with van der Waals surface area (Å²) in [5, 5.41) is 4.25. The molecule has 10 aromatic rings. The topological polar surface area (TPSA) is 65.0 Å². The molecule has 6 aromatic carbocycles. The van der Waals surface area contributed by atoms with Crippen molar-refractivity contribution in [1.82, 2.24) is 15.0 Å². The third-order valence-corrected chi connectivity index (χ3v) is 9.40. The van der Waals surface area contributed by atoms with Gasteiger partial charge in [0.05, 0.1) is 17.1 Å². The lowest BCUT2D eigenvalue weighted by Gasteiger charge is -2.12. The number of fused-ring (bicyclic) bond motifs is 6. The zero-order chi connectivity index (χ0) is 33.0. The molecule has 0 atom stereocenters. The number of pyridine rings is 1. The Morgan fingerprint density at radius 3 is 1.84 bits per heavy atom. The summed E-state index contributed by atoms with van der Waals surface area (Å²) in [5.74, 6) is 0.634. The molecular weight excluding hydrogens is 615 g/mol. The van der Waals surface area contributed by atoms with Crippen molar-refractivity contribution in [2.24, 2.45) is 0 Å². The van der Waals surface area contributed by atoms with Crippen LogP contribution in [0.15, 0.2) is 173 Å². The lowest BCUT2D eigenvalue weighted by atomic mass is 9.94. The highest BCUT2D eigenvalue weighted by molar-refractivity contribution is 6.19. The van der Waals surface area contributed by atoms with Crippen molar-refractivity contribution in [3.05, 3.63) is 164 Å². The summed E-state index contributed by atoms with van der Waals surface area (Å²) in [5.41, 5.74) is 11.8. The molecule has 0 amide bonds. The molecule has 4 aromatic heterocycles. The van der Waals surface area contributed by atoms with E-state index in [-0.39, 0.29) is 0 Å². The van der Waals surface area contributed by atoms with E-state index in [1.807, 2.05) is 66.9 Å². The quantitative estimate of drug-likeness (QED) is 0.187. The number of nitrogens with zero attached hydrogens (tertiary/aromatic N) is 3. The van der Waals surface area contributed by atoms with Crippen LogP contribution in [-0.4, -0.2) is 15.0 Å². The Kier molecular flexibility index (Phi) is 6.42. The van der Waals surface area contributed by atoms with Gasteiger partial charge in [0.15, 0.2) is 5.82 Å². The Hall–Kier alpha value is -6.85. The molecule has 0 aliphatic heterocycles. The lowest BCUT2D eigenvalue weighted by Crippen LogP contribution is -1.96. The Balaban J connectivity index is 1.20. The molecule has 0 aliphatic carbocycles. The fourth-order valence-electron chi connectivity index (χ4n) is 7.01. The highest BCUT2D eigenvalue weighted by atomic mass is 16.3. The predicted molar refractivity (Wildman–Crippen MR) is 202 cm³/mol. The molecular formula is C45H27N3O2. The summed E-state index contributed by atoms with van der Waals surface area (Å²) in [6.45, 7) is 0. The van der Waals surface area contributed by atoms with Gasteiger partial charge in [-0.2, -0.15) is 0 Å². The van der Waals surface area contributed by atoms with Crippen LogP contribution >= 0.6 is 0 Å². The van der Waals surface area contributed by atoms with Crippen LogP contribution < -0.4 is 0 Å². The van der Waals surface area contributed by atoms with Crippen LogP contribution in [-0.2, 0) is 0 Å². The third kappa shape index (κ3) is 4.60. The zero-order valence-corrected chi connectivity index (χ0v) is 26.7. The van der Waals surface area contributed by atoms with Gasteiger partial charge in [-0.25, -0.2) is 9.97 Å². The number of hydrogen-bond acceptors (Lipinski definition) is 5. The third-order valence-electron chi connectivity index (χ3n) is 9.40. The fraction of sp³-hybridized carbons (Fsp3) is 0. The van der Waals surface area contributed by atoms with Gasteiger partial charge in [-0.15, -0.1) is 0 Å². The summed E-state index contributed by atoms with van der Waals surface area (Å²) in [6.07, 6.45) is 1.81. The van der Waals surface area contributed by atoms with Crippen molar-refractivity contribution in [3.63, 3.8) is 0 Å². The lowest BCUT2D eigenvalue weighted by molar-refractivity contribution is 0.669. The minimum Gasteiger partial charge on any atom is -0.455 e. The first-order valence-corrected chi connectivity index (χ1v) is 16.6. The van der Waals surface area contributed by atoms with E-state index in [0.717, 1.165) is 94.3 Å². The molecule has 0 saturated heterocycles. The van der Waals surface area contributed by atoms with Gasteiger partial charge < -0.3 is 8.83 Å². The first kappa shape index (κ1) is 28.2. The van der Waals surface area contributed by atoms with Gasteiger partial charge in [-0.3, -0.25) is 4.98 Å². The average Bonchev–Trinajstić information content (AvgIpc) is 3.78. The first-order valence-electron chi connectivity index (χ1n) is 16.6. The summed E-state index contributed by atoms with van der Waals surface area (Å²) >= 11 is 0. The van der Waals surface area contributed by atoms with Gasteiger partial charge in [0.2, 0.25) is 0 Å². The summed E-state index contributed by atoms with van der Waals surface area (Å²) in [6, 6.07) is 53.5. The van der Waals surface area contributed by atoms with E-state index in [2.05, 4.69) is 102 Å². The van der Waals surface area contributed by atoms with Crippen molar-refractivity contribution in [1.29, 1.82) is 0 Å². The summed E-state index contributed by atoms with van der Waals surface area (Å²) in [7, 11) is 0. The van der Waals surface area contributed by atoms with Crippen molar-refractivity contribution < 1.29 is 8.83 Å². The molecule has 0 aliphatic rings. The van der Waals surface area contributed by atoms with Crippen LogP contribution in [0.5, 0.6) is 0 Å². The molecule has 0 N–H and O–H groups in total. The van der Waals surface area contributed by atoms with Gasteiger partial charge in [0, 0.05) is 55.6 Å². The molecule has 0 saturated carbocycles. The second kappa shape index (κ2) is 11.4. The second-order valence-electron chi connectivity index (χ2n) is 12.4. The predicted octanol–water partition coefficient (Wildman–Crippen LogP) is 12.0. The maximum atomic E-state index is 6.73. The van der Waals surface area contributed by atoms with E-state index in [0.29, 0.717) is 5.82 Å². The average molecular weight is 642 g/mol. The summed E-state index contributed by atoms with van der Waals surface area (Å²) < 4.78 is 13.2. The molecule has 0 spiro atoms. The molecule has 0 fully saturated rings. The maximum Gasteiger partial charge on any atom is 0.160 e. The molecule has 50 heavy (non-hydrogen) atoms. The maximum absolute atomic E-state index is 6.73. The minimum absolute atomic E-state index is 0.634. The van der Waals surface area contributed by atoms with Gasteiger partial charge in [-0.1, -0.05) is 121 Å². The van der Waals surface area contributed by atoms with Crippen molar-refractivity contribution >= 4 is 43.9 Å². The number of benzene rings is 6. The number of hydrogen-bond donors (Lipinski definition) is 0. The number of aromatic nitrogens is 3. The van der Waals surface area contributed by atoms with Gasteiger partial charge in [0.25, 0.3) is 0 Å². The van der Waals surface area contributed by atoms with E-state index >= 15 is 0 Å². The molecule has 5 heteroatoms. The Bertz CT molecular complexity index is 2850. The molecule has 0 bridgehead atoms. The van der Waals surface area contributed by atoms with Crippen LogP contribution in [0.1, 0.15) is 0 Å². The smallest absolute Gasteiger partial charge is 0.160 e. The minimum atomic E-state index is 0.634. The highest BCUT2D eigenvalue weighted by Crippen LogP contribution is 2.45. The largest absolute Gasteiger partial charge is 0.455 e.